The molecule has 2 rings (SSSR count). The standard InChI is InChI=1S/C16H18N2O3/c1-3-21-16(19)11-5-4-6-12(9-11)18-15-8-7-13(20-2)10-14(15)17/h4-10,18H,3,17H2,1-2H3. The van der Waals surface area contributed by atoms with Gasteiger partial charge in [0.05, 0.1) is 30.7 Å². The summed E-state index contributed by atoms with van der Waals surface area (Å²) >= 11 is 0. The van der Waals surface area contributed by atoms with Crippen LogP contribution in [0.1, 0.15) is 17.3 Å². The first-order valence-corrected chi connectivity index (χ1v) is 6.61. The van der Waals surface area contributed by atoms with Gasteiger partial charge in [-0.15, -0.1) is 0 Å². The Hall–Kier alpha value is -2.69. The number of methoxy groups -OCH3 is 1. The van der Waals surface area contributed by atoms with Gasteiger partial charge in [0.15, 0.2) is 0 Å². The van der Waals surface area contributed by atoms with Gasteiger partial charge in [0.25, 0.3) is 0 Å². The molecular weight excluding hydrogens is 268 g/mol. The van der Waals surface area contributed by atoms with E-state index < -0.39 is 0 Å². The summed E-state index contributed by atoms with van der Waals surface area (Å²) in [6, 6.07) is 12.4. The highest BCUT2D eigenvalue weighted by atomic mass is 16.5. The van der Waals surface area contributed by atoms with Gasteiger partial charge in [-0.05, 0) is 37.3 Å². The summed E-state index contributed by atoms with van der Waals surface area (Å²) in [6.45, 7) is 2.12. The summed E-state index contributed by atoms with van der Waals surface area (Å²) in [7, 11) is 1.59. The second kappa shape index (κ2) is 6.65. The summed E-state index contributed by atoms with van der Waals surface area (Å²) < 4.78 is 10.1. The predicted octanol–water partition coefficient (Wildman–Crippen LogP) is 3.20. The topological polar surface area (TPSA) is 73.6 Å². The van der Waals surface area contributed by atoms with Crippen LogP contribution in [0.3, 0.4) is 0 Å². The third-order valence-corrected chi connectivity index (χ3v) is 2.91. The lowest BCUT2D eigenvalue weighted by Crippen LogP contribution is -2.05. The average Bonchev–Trinajstić information content (AvgIpc) is 2.50. The maximum Gasteiger partial charge on any atom is 0.338 e. The fourth-order valence-corrected chi connectivity index (χ4v) is 1.88. The molecule has 0 heterocycles. The predicted molar refractivity (Wildman–Crippen MR) is 83.1 cm³/mol. The number of hydrogen-bond acceptors (Lipinski definition) is 5. The molecule has 2 aromatic rings. The van der Waals surface area contributed by atoms with Crippen molar-refractivity contribution in [2.75, 3.05) is 24.8 Å². The van der Waals surface area contributed by atoms with E-state index >= 15 is 0 Å². The normalized spacial score (nSPS) is 10.0. The lowest BCUT2D eigenvalue weighted by atomic mass is 10.2. The molecule has 0 radical (unpaired) electrons. The van der Waals surface area contributed by atoms with E-state index in [1.54, 1.807) is 38.3 Å². The lowest BCUT2D eigenvalue weighted by Gasteiger charge is -2.11. The summed E-state index contributed by atoms with van der Waals surface area (Å²) in [6.07, 6.45) is 0. The number of anilines is 3. The number of nitrogens with one attached hydrogen (secondary N) is 1. The summed E-state index contributed by atoms with van der Waals surface area (Å²) in [5.74, 6) is 0.349. The van der Waals surface area contributed by atoms with Crippen LogP contribution in [0.5, 0.6) is 5.75 Å². The smallest absolute Gasteiger partial charge is 0.338 e. The monoisotopic (exact) mass is 286 g/mol. The third-order valence-electron chi connectivity index (χ3n) is 2.91. The van der Waals surface area contributed by atoms with Crippen molar-refractivity contribution < 1.29 is 14.3 Å². The first kappa shape index (κ1) is 14.7. The van der Waals surface area contributed by atoms with Crippen LogP contribution < -0.4 is 15.8 Å². The number of ether oxygens (including phenoxy) is 2. The van der Waals surface area contributed by atoms with Crippen LogP contribution >= 0.6 is 0 Å². The highest BCUT2D eigenvalue weighted by molar-refractivity contribution is 5.91. The molecule has 0 spiro atoms. The Morgan fingerprint density at radius 2 is 2.05 bits per heavy atom. The molecule has 0 fully saturated rings. The zero-order valence-corrected chi connectivity index (χ0v) is 12.1. The van der Waals surface area contributed by atoms with Gasteiger partial charge in [-0.3, -0.25) is 0 Å². The third kappa shape index (κ3) is 3.66. The van der Waals surface area contributed by atoms with Gasteiger partial charge in [-0.25, -0.2) is 4.79 Å². The fraction of sp³-hybridized carbons (Fsp3) is 0.188. The van der Waals surface area contributed by atoms with Gasteiger partial charge >= 0.3 is 5.97 Å². The van der Waals surface area contributed by atoms with Crippen molar-refractivity contribution in [2.45, 2.75) is 6.92 Å². The zero-order chi connectivity index (χ0) is 15.2. The van der Waals surface area contributed by atoms with Crippen LogP contribution in [0.15, 0.2) is 42.5 Å². The van der Waals surface area contributed by atoms with Gasteiger partial charge in [0.1, 0.15) is 5.75 Å². The van der Waals surface area contributed by atoms with Crippen molar-refractivity contribution in [3.8, 4) is 5.75 Å². The molecule has 3 N–H and O–H groups in total. The fourth-order valence-electron chi connectivity index (χ4n) is 1.88. The molecular formula is C16H18N2O3. The number of carbonyl (C=O) groups excluding carboxylic acids is 1. The Balaban J connectivity index is 2.20. The van der Waals surface area contributed by atoms with E-state index in [0.717, 1.165) is 11.4 Å². The minimum absolute atomic E-state index is 0.344. The van der Waals surface area contributed by atoms with E-state index in [-0.39, 0.29) is 5.97 Å². The molecule has 5 nitrogen and oxygen atoms in total. The maximum absolute atomic E-state index is 11.7. The van der Waals surface area contributed by atoms with Crippen LogP contribution in [0.4, 0.5) is 17.1 Å². The number of rotatable bonds is 5. The van der Waals surface area contributed by atoms with Crippen molar-refractivity contribution in [3.63, 3.8) is 0 Å². The van der Waals surface area contributed by atoms with Gasteiger partial charge < -0.3 is 20.5 Å². The number of esters is 1. The molecule has 5 heteroatoms. The number of benzene rings is 2. The van der Waals surface area contributed by atoms with E-state index in [0.29, 0.717) is 23.6 Å². The molecule has 0 unspecified atom stereocenters. The largest absolute Gasteiger partial charge is 0.497 e. The highest BCUT2D eigenvalue weighted by Crippen LogP contribution is 2.27. The molecule has 0 saturated heterocycles. The Kier molecular flexibility index (Phi) is 4.66. The van der Waals surface area contributed by atoms with Crippen molar-refractivity contribution in [1.29, 1.82) is 0 Å². The Morgan fingerprint density at radius 3 is 2.71 bits per heavy atom. The maximum atomic E-state index is 11.7. The average molecular weight is 286 g/mol. The minimum atomic E-state index is -0.344. The molecule has 0 aliphatic rings. The van der Waals surface area contributed by atoms with Gasteiger partial charge in [0, 0.05) is 11.8 Å². The molecule has 0 saturated carbocycles. The number of nitrogens with two attached hydrogens (primary N) is 1. The molecule has 110 valence electrons. The molecule has 0 aliphatic carbocycles. The number of carbonyl (C=O) groups is 1. The Bertz CT molecular complexity index is 641. The van der Waals surface area contributed by atoms with Crippen molar-refractivity contribution in [3.05, 3.63) is 48.0 Å². The highest BCUT2D eigenvalue weighted by Gasteiger charge is 2.08. The zero-order valence-electron chi connectivity index (χ0n) is 12.1. The molecule has 0 aliphatic heterocycles. The molecule has 21 heavy (non-hydrogen) atoms. The number of nitrogen functional groups attached to an aromatic ring is 1. The van der Waals surface area contributed by atoms with Gasteiger partial charge in [-0.1, -0.05) is 6.07 Å². The molecule has 0 amide bonds. The molecule has 0 aromatic heterocycles. The van der Waals surface area contributed by atoms with E-state index in [1.165, 1.54) is 0 Å². The second-order valence-corrected chi connectivity index (χ2v) is 4.38. The molecule has 0 bridgehead atoms. The molecule has 2 aromatic carbocycles. The van der Waals surface area contributed by atoms with E-state index in [1.807, 2.05) is 18.2 Å². The first-order chi connectivity index (χ1) is 10.1. The minimum Gasteiger partial charge on any atom is -0.497 e. The van der Waals surface area contributed by atoms with Crippen LogP contribution in [0, 0.1) is 0 Å². The first-order valence-electron chi connectivity index (χ1n) is 6.61. The van der Waals surface area contributed by atoms with Crippen molar-refractivity contribution in [1.82, 2.24) is 0 Å². The van der Waals surface area contributed by atoms with Crippen molar-refractivity contribution in [2.24, 2.45) is 0 Å². The van der Waals surface area contributed by atoms with Crippen LogP contribution in [0.2, 0.25) is 0 Å². The van der Waals surface area contributed by atoms with Crippen LogP contribution in [-0.2, 0) is 4.74 Å². The molecule has 0 atom stereocenters. The van der Waals surface area contributed by atoms with E-state index in [9.17, 15) is 4.79 Å². The van der Waals surface area contributed by atoms with E-state index in [4.69, 9.17) is 15.2 Å². The summed E-state index contributed by atoms with van der Waals surface area (Å²) in [4.78, 5) is 11.7. The SMILES string of the molecule is CCOC(=O)c1cccc(Nc2ccc(OC)cc2N)c1. The van der Waals surface area contributed by atoms with Gasteiger partial charge in [0.2, 0.25) is 0 Å². The quantitative estimate of drug-likeness (QED) is 0.652. The van der Waals surface area contributed by atoms with Crippen molar-refractivity contribution >= 4 is 23.0 Å². The second-order valence-electron chi connectivity index (χ2n) is 4.38. The van der Waals surface area contributed by atoms with Crippen LogP contribution in [-0.4, -0.2) is 19.7 Å². The lowest BCUT2D eigenvalue weighted by molar-refractivity contribution is 0.0526. The Morgan fingerprint density at radius 1 is 1.24 bits per heavy atom. The summed E-state index contributed by atoms with van der Waals surface area (Å²) in [5, 5.41) is 3.17. The Labute approximate surface area is 123 Å². The van der Waals surface area contributed by atoms with E-state index in [2.05, 4.69) is 5.32 Å². The van der Waals surface area contributed by atoms with Crippen LogP contribution in [0.25, 0.3) is 0 Å². The summed E-state index contributed by atoms with van der Waals surface area (Å²) in [5.41, 5.74) is 8.52. The number of hydrogen-bond donors (Lipinski definition) is 2. The van der Waals surface area contributed by atoms with Gasteiger partial charge in [-0.2, -0.15) is 0 Å².